The average molecular weight is 387 g/mol. The molecular weight excluding hydrogens is 362 g/mol. The van der Waals surface area contributed by atoms with Crippen LogP contribution in [0, 0.1) is 13.8 Å². The van der Waals surface area contributed by atoms with E-state index in [1.54, 1.807) is 0 Å². The maximum atomic E-state index is 12.1. The molecule has 0 saturated carbocycles. The van der Waals surface area contributed by atoms with Crippen molar-refractivity contribution in [2.24, 2.45) is 5.10 Å². The number of amides is 2. The summed E-state index contributed by atoms with van der Waals surface area (Å²) >= 11 is 0. The van der Waals surface area contributed by atoms with Crippen molar-refractivity contribution >= 4 is 34.0 Å². The largest absolute Gasteiger partial charge is 0.326 e. The van der Waals surface area contributed by atoms with Crippen LogP contribution >= 0.6 is 0 Å². The first-order chi connectivity index (χ1) is 13.9. The van der Waals surface area contributed by atoms with Gasteiger partial charge in [-0.2, -0.15) is 5.10 Å². The highest BCUT2D eigenvalue weighted by Crippen LogP contribution is 2.17. The minimum atomic E-state index is -0.291. The van der Waals surface area contributed by atoms with E-state index in [0.717, 1.165) is 33.2 Å². The van der Waals surface area contributed by atoms with Crippen molar-refractivity contribution in [2.75, 3.05) is 5.32 Å². The SMILES string of the molecule is C/C(=N/NC(=O)CCC(=O)Nc1ccc(C)cc1C)c1ccc2ccccc2c1. The fourth-order valence-electron chi connectivity index (χ4n) is 3.07. The second-order valence-corrected chi connectivity index (χ2v) is 7.16. The van der Waals surface area contributed by atoms with Gasteiger partial charge in [0.05, 0.1) is 5.71 Å². The first kappa shape index (κ1) is 20.3. The molecule has 0 heterocycles. The third-order valence-corrected chi connectivity index (χ3v) is 4.75. The zero-order chi connectivity index (χ0) is 20.8. The molecule has 2 amide bonds. The van der Waals surface area contributed by atoms with Gasteiger partial charge in [0.2, 0.25) is 11.8 Å². The maximum Gasteiger partial charge on any atom is 0.240 e. The second kappa shape index (κ2) is 9.15. The molecule has 0 unspecified atom stereocenters. The lowest BCUT2D eigenvalue weighted by atomic mass is 10.0. The van der Waals surface area contributed by atoms with Crippen LogP contribution in [0.15, 0.2) is 65.8 Å². The molecule has 29 heavy (non-hydrogen) atoms. The molecule has 0 spiro atoms. The van der Waals surface area contributed by atoms with E-state index in [2.05, 4.69) is 21.9 Å². The summed E-state index contributed by atoms with van der Waals surface area (Å²) in [5.74, 6) is -0.483. The van der Waals surface area contributed by atoms with Crippen molar-refractivity contribution in [1.29, 1.82) is 0 Å². The van der Waals surface area contributed by atoms with Crippen LogP contribution in [0.2, 0.25) is 0 Å². The van der Waals surface area contributed by atoms with Crippen molar-refractivity contribution in [3.8, 4) is 0 Å². The summed E-state index contributed by atoms with van der Waals surface area (Å²) in [5, 5.41) is 9.29. The Hall–Kier alpha value is -3.47. The zero-order valence-corrected chi connectivity index (χ0v) is 17.0. The molecule has 3 aromatic rings. The highest BCUT2D eigenvalue weighted by Gasteiger charge is 2.09. The number of benzene rings is 3. The van der Waals surface area contributed by atoms with E-state index >= 15 is 0 Å². The summed E-state index contributed by atoms with van der Waals surface area (Å²) in [6.07, 6.45) is 0.176. The maximum absolute atomic E-state index is 12.1. The van der Waals surface area contributed by atoms with Crippen LogP contribution < -0.4 is 10.7 Å². The van der Waals surface area contributed by atoms with Gasteiger partial charge >= 0.3 is 0 Å². The Morgan fingerprint density at radius 2 is 1.59 bits per heavy atom. The van der Waals surface area contributed by atoms with Gasteiger partial charge in [0.1, 0.15) is 0 Å². The van der Waals surface area contributed by atoms with E-state index in [0.29, 0.717) is 5.71 Å². The molecular formula is C24H25N3O2. The molecule has 0 bridgehead atoms. The highest BCUT2D eigenvalue weighted by molar-refractivity contribution is 6.02. The van der Waals surface area contributed by atoms with Gasteiger partial charge in [0.25, 0.3) is 0 Å². The molecule has 3 rings (SSSR count). The van der Waals surface area contributed by atoms with Crippen LogP contribution in [-0.2, 0) is 9.59 Å². The van der Waals surface area contributed by atoms with E-state index in [1.165, 1.54) is 0 Å². The van der Waals surface area contributed by atoms with Crippen LogP contribution in [0.3, 0.4) is 0 Å². The molecule has 0 atom stereocenters. The monoisotopic (exact) mass is 387 g/mol. The van der Waals surface area contributed by atoms with Gasteiger partial charge < -0.3 is 5.32 Å². The smallest absolute Gasteiger partial charge is 0.240 e. The average Bonchev–Trinajstić information content (AvgIpc) is 2.72. The normalized spacial score (nSPS) is 11.3. The van der Waals surface area contributed by atoms with Gasteiger partial charge in [0, 0.05) is 18.5 Å². The molecule has 0 aliphatic heterocycles. The molecule has 0 saturated heterocycles. The van der Waals surface area contributed by atoms with Crippen LogP contribution in [0.1, 0.15) is 36.5 Å². The molecule has 3 aromatic carbocycles. The second-order valence-electron chi connectivity index (χ2n) is 7.16. The molecule has 0 fully saturated rings. The number of fused-ring (bicyclic) bond motifs is 1. The number of carbonyl (C=O) groups is 2. The van der Waals surface area contributed by atoms with E-state index in [-0.39, 0.29) is 24.7 Å². The van der Waals surface area contributed by atoms with Crippen LogP contribution in [0.4, 0.5) is 5.69 Å². The Bertz CT molecular complexity index is 1090. The summed E-state index contributed by atoms with van der Waals surface area (Å²) in [7, 11) is 0. The summed E-state index contributed by atoms with van der Waals surface area (Å²) < 4.78 is 0. The Morgan fingerprint density at radius 3 is 2.34 bits per heavy atom. The standard InChI is InChI=1S/C24H25N3O2/c1-16-8-11-22(17(2)14-16)25-23(28)12-13-24(29)27-26-18(3)20-10-9-19-6-4-5-7-21(19)15-20/h4-11,14-15H,12-13H2,1-3H3,(H,25,28)(H,27,29)/b26-18-. The van der Waals surface area contributed by atoms with Crippen molar-refractivity contribution in [3.05, 3.63) is 77.4 Å². The lowest BCUT2D eigenvalue weighted by Gasteiger charge is -2.09. The first-order valence-corrected chi connectivity index (χ1v) is 9.62. The van der Waals surface area contributed by atoms with E-state index in [4.69, 9.17) is 0 Å². The predicted octanol–water partition coefficient (Wildman–Crippen LogP) is 4.72. The zero-order valence-electron chi connectivity index (χ0n) is 17.0. The van der Waals surface area contributed by atoms with Gasteiger partial charge in [-0.1, -0.05) is 54.1 Å². The summed E-state index contributed by atoms with van der Waals surface area (Å²) in [5.41, 5.74) is 7.10. The molecule has 5 nitrogen and oxygen atoms in total. The number of aryl methyl sites for hydroxylation is 2. The Balaban J connectivity index is 1.52. The number of carbonyl (C=O) groups excluding carboxylic acids is 2. The van der Waals surface area contributed by atoms with E-state index in [1.807, 2.05) is 75.4 Å². The lowest BCUT2D eigenvalue weighted by molar-refractivity contribution is -0.124. The minimum absolute atomic E-state index is 0.0746. The number of nitrogens with zero attached hydrogens (tertiary/aromatic N) is 1. The fraction of sp³-hybridized carbons (Fsp3) is 0.208. The van der Waals surface area contributed by atoms with Crippen molar-refractivity contribution in [1.82, 2.24) is 5.43 Å². The summed E-state index contributed by atoms with van der Waals surface area (Å²) in [6, 6.07) is 20.0. The number of nitrogens with one attached hydrogen (secondary N) is 2. The minimum Gasteiger partial charge on any atom is -0.326 e. The lowest BCUT2D eigenvalue weighted by Crippen LogP contribution is -2.22. The Kier molecular flexibility index (Phi) is 6.39. The summed E-state index contributed by atoms with van der Waals surface area (Å²) in [4.78, 5) is 24.2. The number of anilines is 1. The van der Waals surface area contributed by atoms with Gasteiger partial charge in [0.15, 0.2) is 0 Å². The quantitative estimate of drug-likeness (QED) is 0.475. The van der Waals surface area contributed by atoms with Crippen LogP contribution in [0.25, 0.3) is 10.8 Å². The third-order valence-electron chi connectivity index (χ3n) is 4.75. The molecule has 0 aromatic heterocycles. The topological polar surface area (TPSA) is 70.6 Å². The van der Waals surface area contributed by atoms with Gasteiger partial charge in [-0.05, 0) is 54.8 Å². The van der Waals surface area contributed by atoms with E-state index < -0.39 is 0 Å². The van der Waals surface area contributed by atoms with E-state index in [9.17, 15) is 9.59 Å². The Morgan fingerprint density at radius 1 is 0.862 bits per heavy atom. The van der Waals surface area contributed by atoms with Crippen molar-refractivity contribution in [3.63, 3.8) is 0 Å². The molecule has 0 aliphatic carbocycles. The van der Waals surface area contributed by atoms with Gasteiger partial charge in [-0.3, -0.25) is 9.59 Å². The number of hydrogen-bond acceptors (Lipinski definition) is 3. The molecule has 148 valence electrons. The third kappa shape index (κ3) is 5.51. The van der Waals surface area contributed by atoms with Gasteiger partial charge in [-0.15, -0.1) is 0 Å². The van der Waals surface area contributed by atoms with Crippen LogP contribution in [-0.4, -0.2) is 17.5 Å². The molecule has 2 N–H and O–H groups in total. The van der Waals surface area contributed by atoms with Crippen molar-refractivity contribution in [2.45, 2.75) is 33.6 Å². The fourth-order valence-corrected chi connectivity index (χ4v) is 3.07. The predicted molar refractivity (Wildman–Crippen MR) is 118 cm³/mol. The Labute approximate surface area is 170 Å². The van der Waals surface area contributed by atoms with Crippen molar-refractivity contribution < 1.29 is 9.59 Å². The summed E-state index contributed by atoms with van der Waals surface area (Å²) in [6.45, 7) is 5.79. The first-order valence-electron chi connectivity index (χ1n) is 9.62. The van der Waals surface area contributed by atoms with Crippen LogP contribution in [0.5, 0.6) is 0 Å². The molecule has 0 aliphatic rings. The molecule has 5 heteroatoms. The molecule has 0 radical (unpaired) electrons. The number of rotatable bonds is 6. The number of hydrazone groups is 1. The van der Waals surface area contributed by atoms with Gasteiger partial charge in [-0.25, -0.2) is 5.43 Å². The number of hydrogen-bond donors (Lipinski definition) is 2. The highest BCUT2D eigenvalue weighted by atomic mass is 16.2.